The molecule has 9 heteroatoms. The molecule has 0 saturated heterocycles. The van der Waals surface area contributed by atoms with Crippen molar-refractivity contribution < 1.29 is 9.53 Å². The van der Waals surface area contributed by atoms with Gasteiger partial charge >= 0.3 is 0 Å². The van der Waals surface area contributed by atoms with Gasteiger partial charge in [0.15, 0.2) is 0 Å². The third kappa shape index (κ3) is 4.98. The molecule has 0 aliphatic carbocycles. The van der Waals surface area contributed by atoms with Crippen LogP contribution >= 0.6 is 11.3 Å². The van der Waals surface area contributed by atoms with Crippen LogP contribution < -0.4 is 15.6 Å². The van der Waals surface area contributed by atoms with E-state index >= 15 is 0 Å². The summed E-state index contributed by atoms with van der Waals surface area (Å²) in [6.45, 7) is 0.209. The van der Waals surface area contributed by atoms with E-state index < -0.39 is 0 Å². The van der Waals surface area contributed by atoms with Gasteiger partial charge in [0, 0.05) is 16.6 Å². The highest BCUT2D eigenvalue weighted by Gasteiger charge is 2.18. The Balaban J connectivity index is 1.56. The maximum Gasteiger partial charge on any atom is 0.263 e. The Morgan fingerprint density at radius 3 is 2.62 bits per heavy atom. The highest BCUT2D eigenvalue weighted by Crippen LogP contribution is 2.31. The van der Waals surface area contributed by atoms with Gasteiger partial charge in [0.2, 0.25) is 5.91 Å². The molecule has 0 saturated carbocycles. The molecule has 2 aromatic carbocycles. The number of likely N-dealkylation sites (N-methyl/N-ethyl adjacent to an activating group) is 1. The Labute approximate surface area is 200 Å². The lowest BCUT2D eigenvalue weighted by atomic mass is 10.1. The molecule has 8 nitrogen and oxygen atoms in total. The van der Waals surface area contributed by atoms with E-state index in [0.717, 1.165) is 11.1 Å². The minimum absolute atomic E-state index is 0.0895. The van der Waals surface area contributed by atoms with Gasteiger partial charge in [-0.15, -0.1) is 11.3 Å². The molecule has 0 aliphatic heterocycles. The number of methoxy groups -OCH3 is 1. The van der Waals surface area contributed by atoms with Crippen molar-refractivity contribution in [2.45, 2.75) is 13.1 Å². The summed E-state index contributed by atoms with van der Waals surface area (Å²) in [6.07, 6.45) is 0. The Morgan fingerprint density at radius 1 is 1.21 bits per heavy atom. The third-order valence-electron chi connectivity index (χ3n) is 5.29. The Hall–Kier alpha value is -4.00. The van der Waals surface area contributed by atoms with Gasteiger partial charge in [-0.1, -0.05) is 30.3 Å². The van der Waals surface area contributed by atoms with Gasteiger partial charge < -0.3 is 10.1 Å². The summed E-state index contributed by atoms with van der Waals surface area (Å²) in [4.78, 5) is 32.9. The third-order valence-corrected chi connectivity index (χ3v) is 6.16. The normalized spacial score (nSPS) is 10.9. The number of carbonyl (C=O) groups excluding carboxylic acids is 1. The van der Waals surface area contributed by atoms with Gasteiger partial charge in [-0.2, -0.15) is 5.26 Å². The molecule has 0 fully saturated rings. The predicted octanol–water partition coefficient (Wildman–Crippen LogP) is 3.73. The van der Waals surface area contributed by atoms with Gasteiger partial charge in [0.1, 0.15) is 22.9 Å². The molecule has 0 spiro atoms. The number of thiophene rings is 1. The number of nitrogens with zero attached hydrogens (tertiary/aromatic N) is 4. The zero-order chi connectivity index (χ0) is 24.1. The van der Waals surface area contributed by atoms with Crippen molar-refractivity contribution in [1.82, 2.24) is 14.5 Å². The quantitative estimate of drug-likeness (QED) is 0.419. The molecule has 34 heavy (non-hydrogen) atoms. The molecular formula is C25H23N5O3S. The first-order valence-electron chi connectivity index (χ1n) is 10.6. The maximum atomic E-state index is 13.4. The number of amides is 1. The number of fused-ring (bicyclic) bond motifs is 1. The van der Waals surface area contributed by atoms with Crippen LogP contribution in [0.3, 0.4) is 0 Å². The van der Waals surface area contributed by atoms with Crippen molar-refractivity contribution >= 4 is 33.1 Å². The molecule has 172 valence electrons. The summed E-state index contributed by atoms with van der Waals surface area (Å²) in [5.74, 6) is 0.946. The maximum absolute atomic E-state index is 13.4. The first-order chi connectivity index (χ1) is 16.5. The monoisotopic (exact) mass is 473 g/mol. The van der Waals surface area contributed by atoms with E-state index in [1.165, 1.54) is 15.9 Å². The second kappa shape index (κ2) is 10.3. The molecule has 4 aromatic rings. The molecule has 0 bridgehead atoms. The van der Waals surface area contributed by atoms with Crippen molar-refractivity contribution in [3.8, 4) is 22.9 Å². The largest absolute Gasteiger partial charge is 0.497 e. The fourth-order valence-corrected chi connectivity index (χ4v) is 4.63. The van der Waals surface area contributed by atoms with E-state index in [4.69, 9.17) is 9.72 Å². The Kier molecular flexibility index (Phi) is 7.01. The van der Waals surface area contributed by atoms with Crippen LogP contribution in [0.1, 0.15) is 5.82 Å². The van der Waals surface area contributed by atoms with Crippen LogP contribution in [0.4, 0.5) is 5.69 Å². The summed E-state index contributed by atoms with van der Waals surface area (Å²) < 4.78 is 6.51. The van der Waals surface area contributed by atoms with Gasteiger partial charge in [-0.3, -0.25) is 19.1 Å². The highest BCUT2D eigenvalue weighted by atomic mass is 32.1. The second-order valence-electron chi connectivity index (χ2n) is 7.72. The summed E-state index contributed by atoms with van der Waals surface area (Å²) in [5.41, 5.74) is 2.14. The van der Waals surface area contributed by atoms with Crippen molar-refractivity contribution in [2.75, 3.05) is 26.0 Å². The van der Waals surface area contributed by atoms with Crippen LogP contribution in [0.15, 0.2) is 64.8 Å². The molecule has 1 amide bonds. The van der Waals surface area contributed by atoms with Crippen molar-refractivity contribution in [3.63, 3.8) is 0 Å². The van der Waals surface area contributed by atoms with Crippen LogP contribution in [0.2, 0.25) is 0 Å². The summed E-state index contributed by atoms with van der Waals surface area (Å²) in [5, 5.41) is 14.6. The van der Waals surface area contributed by atoms with E-state index in [-0.39, 0.29) is 31.1 Å². The topological polar surface area (TPSA) is 100 Å². The van der Waals surface area contributed by atoms with Gasteiger partial charge in [-0.05, 0) is 36.9 Å². The lowest BCUT2D eigenvalue weighted by Crippen LogP contribution is -2.33. The molecule has 0 unspecified atom stereocenters. The van der Waals surface area contributed by atoms with Crippen molar-refractivity contribution in [3.05, 3.63) is 76.2 Å². The number of carbonyl (C=O) groups is 1. The van der Waals surface area contributed by atoms with Crippen LogP contribution in [-0.4, -0.2) is 41.1 Å². The highest BCUT2D eigenvalue weighted by molar-refractivity contribution is 7.17. The number of ether oxygens (including phenoxy) is 1. The molecule has 4 rings (SSSR count). The van der Waals surface area contributed by atoms with E-state index in [2.05, 4.69) is 11.4 Å². The van der Waals surface area contributed by atoms with Crippen LogP contribution in [0.5, 0.6) is 5.75 Å². The first kappa shape index (κ1) is 23.2. The Morgan fingerprint density at radius 2 is 1.94 bits per heavy atom. The minimum Gasteiger partial charge on any atom is -0.497 e. The molecular weight excluding hydrogens is 450 g/mol. The number of nitriles is 1. The average Bonchev–Trinajstić information content (AvgIpc) is 3.26. The fourth-order valence-electron chi connectivity index (χ4n) is 3.67. The SMILES string of the molecule is COc1ccc(NC(=O)CN(C)Cc2nc3scc(-c4ccccc4)c3c(=O)n2CC#N)cc1. The lowest BCUT2D eigenvalue weighted by molar-refractivity contribution is -0.117. The van der Waals surface area contributed by atoms with Crippen molar-refractivity contribution in [2.24, 2.45) is 0 Å². The van der Waals surface area contributed by atoms with Crippen LogP contribution in [0, 0.1) is 11.3 Å². The van der Waals surface area contributed by atoms with E-state index in [9.17, 15) is 14.9 Å². The zero-order valence-corrected chi connectivity index (χ0v) is 19.6. The zero-order valence-electron chi connectivity index (χ0n) is 18.8. The molecule has 0 atom stereocenters. The number of aromatic nitrogens is 2. The standard InChI is InChI=1S/C25H23N5O3S/c1-29(15-22(31)27-18-8-10-19(33-2)11-9-18)14-21-28-24-23(25(32)30(21)13-12-26)20(16-34-24)17-6-4-3-5-7-17/h3-11,16H,13-15H2,1-2H3,(H,27,31). The van der Waals surface area contributed by atoms with Gasteiger partial charge in [-0.25, -0.2) is 4.98 Å². The molecule has 1 N–H and O–H groups in total. The Bertz CT molecular complexity index is 1410. The second-order valence-corrected chi connectivity index (χ2v) is 8.58. The van der Waals surface area contributed by atoms with Gasteiger partial charge in [0.05, 0.1) is 31.7 Å². The number of hydrogen-bond donors (Lipinski definition) is 1. The van der Waals surface area contributed by atoms with E-state index in [0.29, 0.717) is 27.5 Å². The number of anilines is 1. The molecule has 0 radical (unpaired) electrons. The average molecular weight is 474 g/mol. The number of nitrogens with one attached hydrogen (secondary N) is 1. The summed E-state index contributed by atoms with van der Waals surface area (Å²) in [7, 11) is 3.35. The van der Waals surface area contributed by atoms with E-state index in [1.54, 1.807) is 43.3 Å². The molecule has 2 heterocycles. The van der Waals surface area contributed by atoms with Crippen LogP contribution in [0.25, 0.3) is 21.3 Å². The number of rotatable bonds is 8. The summed E-state index contributed by atoms with van der Waals surface area (Å²) >= 11 is 1.39. The predicted molar refractivity (Wildman–Crippen MR) is 133 cm³/mol. The minimum atomic E-state index is -0.252. The summed E-state index contributed by atoms with van der Waals surface area (Å²) in [6, 6.07) is 18.8. The molecule has 0 aliphatic rings. The lowest BCUT2D eigenvalue weighted by Gasteiger charge is -2.18. The van der Waals surface area contributed by atoms with E-state index in [1.807, 2.05) is 35.7 Å². The smallest absolute Gasteiger partial charge is 0.263 e. The number of benzene rings is 2. The first-order valence-corrected chi connectivity index (χ1v) is 11.4. The van der Waals surface area contributed by atoms with Gasteiger partial charge in [0.25, 0.3) is 5.56 Å². The van der Waals surface area contributed by atoms with Crippen molar-refractivity contribution in [1.29, 1.82) is 5.26 Å². The fraction of sp³-hybridized carbons (Fsp3) is 0.200. The molecule has 2 aromatic heterocycles. The van der Waals surface area contributed by atoms with Crippen LogP contribution in [-0.2, 0) is 17.9 Å². The number of hydrogen-bond acceptors (Lipinski definition) is 7.